The molecule has 4 aliphatic rings. The fourth-order valence-corrected chi connectivity index (χ4v) is 5.89. The van der Waals surface area contributed by atoms with Crippen LogP contribution in [0.25, 0.3) is 0 Å². The van der Waals surface area contributed by atoms with E-state index in [0.29, 0.717) is 19.1 Å². The summed E-state index contributed by atoms with van der Waals surface area (Å²) in [7, 11) is 0. The van der Waals surface area contributed by atoms with Crippen LogP contribution >= 0.6 is 0 Å². The van der Waals surface area contributed by atoms with Crippen LogP contribution in [-0.4, -0.2) is 41.1 Å². The van der Waals surface area contributed by atoms with Gasteiger partial charge in [-0.1, -0.05) is 25.7 Å². The summed E-state index contributed by atoms with van der Waals surface area (Å²) >= 11 is 0. The molecule has 1 aliphatic heterocycles. The van der Waals surface area contributed by atoms with E-state index in [1.165, 1.54) is 25.7 Å². The maximum atomic E-state index is 12.6. The summed E-state index contributed by atoms with van der Waals surface area (Å²) in [6, 6.07) is 0.268. The molecule has 0 radical (unpaired) electrons. The Morgan fingerprint density at radius 1 is 1.04 bits per heavy atom. The molecule has 0 bridgehead atoms. The lowest BCUT2D eigenvalue weighted by molar-refractivity contribution is -0.149. The summed E-state index contributed by atoms with van der Waals surface area (Å²) in [5, 5.41) is 12.9. The maximum Gasteiger partial charge on any atom is 0.317 e. The van der Waals surface area contributed by atoms with Gasteiger partial charge in [0.1, 0.15) is 0 Å². The van der Waals surface area contributed by atoms with Crippen LogP contribution in [0.3, 0.4) is 0 Å². The van der Waals surface area contributed by atoms with Gasteiger partial charge >= 0.3 is 12.0 Å². The predicted octanol–water partition coefficient (Wildman–Crippen LogP) is 2.85. The number of nitrogens with one attached hydrogen (secondary N) is 1. The minimum absolute atomic E-state index is 0.0264. The van der Waals surface area contributed by atoms with E-state index in [4.69, 9.17) is 0 Å². The van der Waals surface area contributed by atoms with E-state index >= 15 is 0 Å². The van der Waals surface area contributed by atoms with Gasteiger partial charge in [0.2, 0.25) is 0 Å². The molecule has 5 nitrogen and oxygen atoms in total. The van der Waals surface area contributed by atoms with Crippen molar-refractivity contribution in [1.82, 2.24) is 10.2 Å². The Hall–Kier alpha value is -1.26. The number of carbonyl (C=O) groups excluding carboxylic acids is 1. The van der Waals surface area contributed by atoms with Gasteiger partial charge in [0, 0.05) is 19.1 Å². The predicted molar refractivity (Wildman–Crippen MR) is 86.0 cm³/mol. The first-order valence-electron chi connectivity index (χ1n) is 9.37. The SMILES string of the molecule is O=C(NC1CCC2CCCC2C1)N1C[C@@H]2CCC[C@@]2(C(=O)O)C1. The van der Waals surface area contributed by atoms with Crippen LogP contribution in [0.5, 0.6) is 0 Å². The van der Waals surface area contributed by atoms with E-state index < -0.39 is 11.4 Å². The molecular formula is C18H28N2O3. The van der Waals surface area contributed by atoms with Crippen molar-refractivity contribution >= 4 is 12.0 Å². The summed E-state index contributed by atoms with van der Waals surface area (Å²) in [6.45, 7) is 1.02. The number of hydrogen-bond acceptors (Lipinski definition) is 2. The molecule has 1 heterocycles. The fourth-order valence-electron chi connectivity index (χ4n) is 5.89. The number of nitrogens with zero attached hydrogens (tertiary/aromatic N) is 1. The normalized spacial score (nSPS) is 42.3. The van der Waals surface area contributed by atoms with Gasteiger partial charge in [-0.05, 0) is 49.9 Å². The Morgan fingerprint density at radius 3 is 2.65 bits per heavy atom. The molecule has 0 spiro atoms. The lowest BCUT2D eigenvalue weighted by Crippen LogP contribution is -2.47. The number of fused-ring (bicyclic) bond motifs is 2. The lowest BCUT2D eigenvalue weighted by Gasteiger charge is -2.33. The first-order valence-corrected chi connectivity index (χ1v) is 9.37. The molecule has 3 aliphatic carbocycles. The molecule has 2 N–H and O–H groups in total. The summed E-state index contributed by atoms with van der Waals surface area (Å²) < 4.78 is 0. The Labute approximate surface area is 137 Å². The molecule has 3 saturated carbocycles. The summed E-state index contributed by atoms with van der Waals surface area (Å²) in [5.41, 5.74) is -0.666. The molecule has 2 amide bonds. The number of carbonyl (C=O) groups is 2. The van der Waals surface area contributed by atoms with Crippen molar-refractivity contribution in [2.24, 2.45) is 23.2 Å². The van der Waals surface area contributed by atoms with E-state index in [-0.39, 0.29) is 11.9 Å². The molecule has 5 atom stereocenters. The van der Waals surface area contributed by atoms with Crippen molar-refractivity contribution < 1.29 is 14.7 Å². The number of amides is 2. The zero-order valence-electron chi connectivity index (χ0n) is 13.8. The van der Waals surface area contributed by atoms with Gasteiger partial charge in [0.15, 0.2) is 0 Å². The molecular weight excluding hydrogens is 292 g/mol. The average molecular weight is 320 g/mol. The van der Waals surface area contributed by atoms with E-state index in [1.807, 2.05) is 0 Å². The molecule has 3 unspecified atom stereocenters. The third-order valence-electron chi connectivity index (χ3n) is 7.20. The number of carboxylic acids is 1. The van der Waals surface area contributed by atoms with Crippen molar-refractivity contribution in [3.8, 4) is 0 Å². The van der Waals surface area contributed by atoms with Gasteiger partial charge in [-0.2, -0.15) is 0 Å². The van der Waals surface area contributed by atoms with E-state index in [0.717, 1.165) is 43.9 Å². The van der Waals surface area contributed by atoms with Crippen LogP contribution in [0, 0.1) is 23.2 Å². The first-order chi connectivity index (χ1) is 11.1. The topological polar surface area (TPSA) is 69.6 Å². The highest BCUT2D eigenvalue weighted by atomic mass is 16.4. The van der Waals surface area contributed by atoms with Gasteiger partial charge in [-0.25, -0.2) is 4.79 Å². The third-order valence-corrected chi connectivity index (χ3v) is 7.20. The van der Waals surface area contributed by atoms with Crippen molar-refractivity contribution in [1.29, 1.82) is 0 Å². The van der Waals surface area contributed by atoms with Crippen LogP contribution in [0.15, 0.2) is 0 Å². The quantitative estimate of drug-likeness (QED) is 0.822. The van der Waals surface area contributed by atoms with Crippen LogP contribution in [0.1, 0.15) is 57.8 Å². The molecule has 23 heavy (non-hydrogen) atoms. The summed E-state index contributed by atoms with van der Waals surface area (Å²) in [6.07, 6.45) is 10.2. The number of hydrogen-bond donors (Lipinski definition) is 2. The van der Waals surface area contributed by atoms with Crippen molar-refractivity contribution in [3.05, 3.63) is 0 Å². The molecule has 4 rings (SSSR count). The van der Waals surface area contributed by atoms with Gasteiger partial charge in [-0.15, -0.1) is 0 Å². The van der Waals surface area contributed by atoms with Crippen LogP contribution in [-0.2, 0) is 4.79 Å². The zero-order chi connectivity index (χ0) is 16.0. The van der Waals surface area contributed by atoms with Crippen LogP contribution in [0.4, 0.5) is 4.79 Å². The second kappa shape index (κ2) is 5.67. The smallest absolute Gasteiger partial charge is 0.317 e. The second-order valence-corrected chi connectivity index (χ2v) is 8.34. The number of likely N-dealkylation sites (tertiary alicyclic amines) is 1. The maximum absolute atomic E-state index is 12.6. The highest BCUT2D eigenvalue weighted by Gasteiger charge is 2.56. The van der Waals surface area contributed by atoms with Crippen LogP contribution in [0.2, 0.25) is 0 Å². The molecule has 5 heteroatoms. The standard InChI is InChI=1S/C18H28N2O3/c21-16(22)18-8-2-5-14(18)10-20(11-18)17(23)19-15-7-6-12-3-1-4-13(12)9-15/h12-15H,1-11H2,(H,19,23)(H,21,22)/t12?,13?,14-,15?,18+/m0/s1. The number of aliphatic carboxylic acids is 1. The van der Waals surface area contributed by atoms with E-state index in [9.17, 15) is 14.7 Å². The average Bonchev–Trinajstić information content (AvgIpc) is 3.20. The van der Waals surface area contributed by atoms with Gasteiger partial charge in [0.05, 0.1) is 5.41 Å². The monoisotopic (exact) mass is 320 g/mol. The fraction of sp³-hybridized carbons (Fsp3) is 0.889. The highest BCUT2D eigenvalue weighted by molar-refractivity contribution is 5.80. The Morgan fingerprint density at radius 2 is 1.87 bits per heavy atom. The Balaban J connectivity index is 1.36. The number of rotatable bonds is 2. The van der Waals surface area contributed by atoms with Gasteiger partial charge < -0.3 is 15.3 Å². The van der Waals surface area contributed by atoms with Crippen LogP contribution < -0.4 is 5.32 Å². The lowest BCUT2D eigenvalue weighted by atomic mass is 9.79. The third kappa shape index (κ3) is 2.52. The number of urea groups is 1. The Bertz CT molecular complexity index is 508. The summed E-state index contributed by atoms with van der Waals surface area (Å²) in [5.74, 6) is 1.14. The Kier molecular flexibility index (Phi) is 3.77. The van der Waals surface area contributed by atoms with E-state index in [2.05, 4.69) is 5.32 Å². The highest BCUT2D eigenvalue weighted by Crippen LogP contribution is 2.49. The minimum Gasteiger partial charge on any atom is -0.481 e. The molecule has 0 aromatic heterocycles. The van der Waals surface area contributed by atoms with Gasteiger partial charge in [0.25, 0.3) is 0 Å². The van der Waals surface area contributed by atoms with Crippen molar-refractivity contribution in [2.75, 3.05) is 13.1 Å². The van der Waals surface area contributed by atoms with E-state index in [1.54, 1.807) is 4.90 Å². The number of carboxylic acid groups (broad SMARTS) is 1. The first kappa shape index (κ1) is 15.3. The molecule has 128 valence electrons. The summed E-state index contributed by atoms with van der Waals surface area (Å²) in [4.78, 5) is 26.1. The molecule has 1 saturated heterocycles. The molecule has 0 aromatic rings. The van der Waals surface area contributed by atoms with Gasteiger partial charge in [-0.3, -0.25) is 4.79 Å². The second-order valence-electron chi connectivity index (χ2n) is 8.34. The molecule has 4 fully saturated rings. The largest absolute Gasteiger partial charge is 0.481 e. The van der Waals surface area contributed by atoms with Crippen molar-refractivity contribution in [3.63, 3.8) is 0 Å². The van der Waals surface area contributed by atoms with Crippen molar-refractivity contribution in [2.45, 2.75) is 63.8 Å². The molecule has 0 aromatic carbocycles. The zero-order valence-corrected chi connectivity index (χ0v) is 13.8. The minimum atomic E-state index is -0.707.